The third-order valence-corrected chi connectivity index (χ3v) is 2.74. The van der Waals surface area contributed by atoms with Crippen molar-refractivity contribution in [2.45, 2.75) is 52.9 Å². The van der Waals surface area contributed by atoms with E-state index < -0.39 is 0 Å². The molecule has 1 saturated carbocycles. The van der Waals surface area contributed by atoms with Gasteiger partial charge in [0.1, 0.15) is 0 Å². The molecule has 0 bridgehead atoms. The maximum Gasteiger partial charge on any atom is 1.00 e. The van der Waals surface area contributed by atoms with E-state index in [1.165, 1.54) is 32.1 Å². The van der Waals surface area contributed by atoms with Crippen LogP contribution in [0, 0.1) is 6.42 Å². The van der Waals surface area contributed by atoms with Gasteiger partial charge in [-0.2, -0.15) is 18.1 Å². The second-order valence-corrected chi connectivity index (χ2v) is 3.55. The molecule has 0 aromatic heterocycles. The van der Waals surface area contributed by atoms with Crippen LogP contribution in [0.15, 0.2) is 22.8 Å². The summed E-state index contributed by atoms with van der Waals surface area (Å²) < 4.78 is 0. The molecular weight excluding hydrogens is 327 g/mol. The summed E-state index contributed by atoms with van der Waals surface area (Å²) >= 11 is 0. The largest absolute Gasteiger partial charge is 1.00 e. The maximum atomic E-state index is 2.40. The van der Waals surface area contributed by atoms with Gasteiger partial charge in [-0.1, -0.05) is 52.9 Å². The van der Waals surface area contributed by atoms with Crippen molar-refractivity contribution < 1.29 is 116 Å². The van der Waals surface area contributed by atoms with Gasteiger partial charge >= 0.3 is 116 Å². The molecule has 0 aromatic rings. The van der Waals surface area contributed by atoms with Gasteiger partial charge in [0, 0.05) is 0 Å². The summed E-state index contributed by atoms with van der Waals surface area (Å²) in [5.74, 6) is 0. The molecule has 0 saturated heterocycles. The van der Waals surface area contributed by atoms with Crippen LogP contribution in [-0.4, -0.2) is 0 Å². The summed E-state index contributed by atoms with van der Waals surface area (Å²) in [6.07, 6.45) is 11.4. The van der Waals surface area contributed by atoms with Crippen molar-refractivity contribution in [2.24, 2.45) is 0 Å². The molecular formula is C13H21Rb2+. The average Bonchev–Trinajstić information content (AvgIpc) is 2.22. The third-order valence-electron chi connectivity index (χ3n) is 2.74. The van der Waals surface area contributed by atoms with Crippen LogP contribution in [0.4, 0.5) is 0 Å². The van der Waals surface area contributed by atoms with E-state index in [9.17, 15) is 0 Å². The number of hydrogen-bond acceptors (Lipinski definition) is 0. The fourth-order valence-electron chi connectivity index (χ4n) is 2.07. The van der Waals surface area contributed by atoms with Gasteiger partial charge in [-0.05, 0) is 0 Å². The predicted octanol–water partition coefficient (Wildman–Crippen LogP) is -1.55. The number of rotatable bonds is 0. The molecule has 0 radical (unpaired) electrons. The van der Waals surface area contributed by atoms with Gasteiger partial charge in [0.15, 0.2) is 0 Å². The molecule has 74 valence electrons. The predicted molar refractivity (Wildman–Crippen MR) is 59.5 cm³/mol. The van der Waals surface area contributed by atoms with Crippen molar-refractivity contribution in [1.82, 2.24) is 0 Å². The zero-order chi connectivity index (χ0) is 9.68. The van der Waals surface area contributed by atoms with Gasteiger partial charge in [0.25, 0.3) is 0 Å². The van der Waals surface area contributed by atoms with Crippen LogP contribution in [0.5, 0.6) is 0 Å². The van der Waals surface area contributed by atoms with Crippen LogP contribution in [0.1, 0.15) is 52.9 Å². The van der Waals surface area contributed by atoms with Gasteiger partial charge in [-0.15, -0.1) is 11.1 Å². The quantitative estimate of drug-likeness (QED) is 0.465. The smallest absolute Gasteiger partial charge is 0.193 e. The number of fused-ring (bicyclic) bond motifs is 1. The number of hydrogen-bond donors (Lipinski definition) is 0. The Balaban J connectivity index is 0. The normalized spacial score (nSPS) is 17.9. The molecule has 0 atom stereocenters. The first-order chi connectivity index (χ1) is 6.38. The molecule has 2 aliphatic carbocycles. The number of allylic oxidation sites excluding steroid dienone is 4. The summed E-state index contributed by atoms with van der Waals surface area (Å²) in [5, 5.41) is 0. The molecule has 2 heteroatoms. The Labute approximate surface area is 193 Å². The van der Waals surface area contributed by atoms with E-state index in [1.807, 2.05) is 13.8 Å². The van der Waals surface area contributed by atoms with Crippen molar-refractivity contribution in [2.75, 3.05) is 0 Å². The molecule has 0 aromatic carbocycles. The van der Waals surface area contributed by atoms with Gasteiger partial charge < -0.3 is 0 Å². The van der Waals surface area contributed by atoms with E-state index in [4.69, 9.17) is 0 Å². The van der Waals surface area contributed by atoms with E-state index >= 15 is 0 Å². The minimum atomic E-state index is 0. The van der Waals surface area contributed by atoms with Crippen LogP contribution in [0.2, 0.25) is 0 Å². The Kier molecular flexibility index (Phi) is 16.2. The standard InChI is InChI=1S/C11H15.C2H6.2Rb/c1-9-5-4-7-10-6-2-3-8-11(9)10;1-2;;/h6-7H,2-5,8H2,1H3;1-2H3;;/q-1;;2*+1. The molecule has 0 spiro atoms. The summed E-state index contributed by atoms with van der Waals surface area (Å²) in [6, 6.07) is 0. The van der Waals surface area contributed by atoms with Crippen LogP contribution in [-0.2, 0) is 0 Å². The molecule has 0 unspecified atom stereocenters. The second-order valence-electron chi connectivity index (χ2n) is 3.55. The molecule has 15 heavy (non-hydrogen) atoms. The summed E-state index contributed by atoms with van der Waals surface area (Å²) in [4.78, 5) is 0. The topological polar surface area (TPSA) is 0 Å². The molecule has 2 aliphatic rings. The van der Waals surface area contributed by atoms with E-state index in [2.05, 4.69) is 19.4 Å². The minimum Gasteiger partial charge on any atom is -0.193 e. The van der Waals surface area contributed by atoms with Crippen LogP contribution in [0.25, 0.3) is 0 Å². The molecule has 0 aliphatic heterocycles. The van der Waals surface area contributed by atoms with Crippen LogP contribution < -0.4 is 116 Å². The molecule has 0 nitrogen and oxygen atoms in total. The van der Waals surface area contributed by atoms with Gasteiger partial charge in [-0.3, -0.25) is 0 Å². The molecule has 2 rings (SSSR count). The Morgan fingerprint density at radius 1 is 1.13 bits per heavy atom. The summed E-state index contributed by atoms with van der Waals surface area (Å²) in [5.41, 5.74) is 4.85. The van der Waals surface area contributed by atoms with E-state index in [-0.39, 0.29) is 116 Å². The van der Waals surface area contributed by atoms with E-state index in [0.29, 0.717) is 0 Å². The van der Waals surface area contributed by atoms with Crippen molar-refractivity contribution in [3.63, 3.8) is 0 Å². The van der Waals surface area contributed by atoms with Crippen LogP contribution in [0.3, 0.4) is 0 Å². The molecule has 0 heterocycles. The first-order valence-electron chi connectivity index (χ1n) is 5.60. The van der Waals surface area contributed by atoms with Crippen molar-refractivity contribution in [3.05, 3.63) is 29.2 Å². The molecule has 0 amide bonds. The van der Waals surface area contributed by atoms with Crippen molar-refractivity contribution in [3.8, 4) is 0 Å². The first-order valence-corrected chi connectivity index (χ1v) is 5.60. The second kappa shape index (κ2) is 12.0. The van der Waals surface area contributed by atoms with Crippen molar-refractivity contribution in [1.29, 1.82) is 0 Å². The Morgan fingerprint density at radius 2 is 1.80 bits per heavy atom. The van der Waals surface area contributed by atoms with E-state index in [1.54, 1.807) is 16.7 Å². The Morgan fingerprint density at radius 3 is 2.40 bits per heavy atom. The van der Waals surface area contributed by atoms with Gasteiger partial charge in [-0.25, -0.2) is 0 Å². The van der Waals surface area contributed by atoms with Crippen molar-refractivity contribution >= 4 is 0 Å². The first kappa shape index (κ1) is 20.3. The van der Waals surface area contributed by atoms with E-state index in [0.717, 1.165) is 0 Å². The fourth-order valence-corrected chi connectivity index (χ4v) is 2.07. The Hall–Kier alpha value is 2.96. The SMILES string of the molecule is CC.CC1=C2CCC[CH-]C2=CCC1.[Rb+].[Rb+]. The summed E-state index contributed by atoms with van der Waals surface area (Å²) in [7, 11) is 0. The Bertz CT molecular complexity index is 227. The minimum absolute atomic E-state index is 0. The third kappa shape index (κ3) is 6.61. The average molecular weight is 348 g/mol. The van der Waals surface area contributed by atoms with Gasteiger partial charge in [0.2, 0.25) is 0 Å². The summed E-state index contributed by atoms with van der Waals surface area (Å²) in [6.45, 7) is 6.29. The van der Waals surface area contributed by atoms with Crippen LogP contribution >= 0.6 is 0 Å². The monoisotopic (exact) mass is 347 g/mol. The zero-order valence-corrected chi connectivity index (χ0v) is 21.0. The van der Waals surface area contributed by atoms with Gasteiger partial charge in [0.05, 0.1) is 0 Å². The molecule has 0 N–H and O–H groups in total. The fraction of sp³-hybridized carbons (Fsp3) is 0.615. The molecule has 1 fully saturated rings. The maximum absolute atomic E-state index is 2.40. The zero-order valence-electron chi connectivity index (χ0n) is 11.2.